The van der Waals surface area contributed by atoms with E-state index in [1.807, 2.05) is 0 Å². The second-order valence-corrected chi connectivity index (χ2v) is 4.35. The summed E-state index contributed by atoms with van der Waals surface area (Å²) in [6.45, 7) is 3.47. The van der Waals surface area contributed by atoms with E-state index in [4.69, 9.17) is 10.3 Å². The fourth-order valence-corrected chi connectivity index (χ4v) is 1.84. The van der Waals surface area contributed by atoms with Gasteiger partial charge in [-0.2, -0.15) is 0 Å². The van der Waals surface area contributed by atoms with Gasteiger partial charge < -0.3 is 15.6 Å². The van der Waals surface area contributed by atoms with Crippen molar-refractivity contribution in [3.8, 4) is 11.8 Å². The molecule has 0 aliphatic heterocycles. The second-order valence-electron chi connectivity index (χ2n) is 4.35. The summed E-state index contributed by atoms with van der Waals surface area (Å²) in [6.07, 6.45) is 0. The van der Waals surface area contributed by atoms with Gasteiger partial charge in [0.2, 0.25) is 0 Å². The Balaban J connectivity index is 2.22. The molecule has 0 aliphatic rings. The van der Waals surface area contributed by atoms with Crippen LogP contribution in [0.4, 0.5) is 10.1 Å². The number of rotatable bonds is 2. The first-order valence-electron chi connectivity index (χ1n) is 6.25. The smallest absolute Gasteiger partial charge is 0.261 e. The largest absolute Gasteiger partial charge is 0.361 e. The number of carbonyl (C=O) groups excluding carboxylic acids is 1. The van der Waals surface area contributed by atoms with Gasteiger partial charge in [-0.05, 0) is 32.0 Å². The summed E-state index contributed by atoms with van der Waals surface area (Å²) in [5.41, 5.74) is 6.58. The maximum atomic E-state index is 13.9. The van der Waals surface area contributed by atoms with E-state index < -0.39 is 11.7 Å². The van der Waals surface area contributed by atoms with Crippen molar-refractivity contribution >= 4 is 11.6 Å². The van der Waals surface area contributed by atoms with Gasteiger partial charge in [0.1, 0.15) is 17.1 Å². The van der Waals surface area contributed by atoms with Crippen molar-refractivity contribution in [1.82, 2.24) is 5.16 Å². The molecule has 0 saturated carbocycles. The number of anilines is 1. The lowest BCUT2D eigenvalue weighted by Crippen LogP contribution is -2.14. The van der Waals surface area contributed by atoms with Crippen molar-refractivity contribution in [2.24, 2.45) is 5.73 Å². The minimum absolute atomic E-state index is 0.0679. The van der Waals surface area contributed by atoms with Crippen LogP contribution in [-0.2, 0) is 0 Å². The Kier molecular flexibility index (Phi) is 4.36. The zero-order valence-electron chi connectivity index (χ0n) is 11.7. The monoisotopic (exact) mass is 287 g/mol. The number of aromatic nitrogens is 1. The van der Waals surface area contributed by atoms with Crippen molar-refractivity contribution in [3.63, 3.8) is 0 Å². The molecule has 3 N–H and O–H groups in total. The molecule has 1 heterocycles. The molecule has 0 spiro atoms. The summed E-state index contributed by atoms with van der Waals surface area (Å²) in [7, 11) is 0. The van der Waals surface area contributed by atoms with Crippen LogP contribution in [0.15, 0.2) is 22.7 Å². The minimum Gasteiger partial charge on any atom is -0.361 e. The van der Waals surface area contributed by atoms with Crippen molar-refractivity contribution in [2.75, 3.05) is 11.9 Å². The number of hydrogen-bond acceptors (Lipinski definition) is 4. The molecular formula is C15H14FN3O2. The highest BCUT2D eigenvalue weighted by Gasteiger charge is 2.18. The number of nitrogens with two attached hydrogens (primary N) is 1. The van der Waals surface area contributed by atoms with Gasteiger partial charge in [-0.25, -0.2) is 4.39 Å². The second kappa shape index (κ2) is 6.20. The van der Waals surface area contributed by atoms with Gasteiger partial charge in [0.05, 0.1) is 17.9 Å². The fourth-order valence-electron chi connectivity index (χ4n) is 1.84. The summed E-state index contributed by atoms with van der Waals surface area (Å²) in [5.74, 6) is 4.70. The Morgan fingerprint density at radius 3 is 2.81 bits per heavy atom. The average molecular weight is 287 g/mol. The van der Waals surface area contributed by atoms with Crippen LogP contribution in [0.1, 0.15) is 27.4 Å². The standard InChI is InChI=1S/C15H14FN3O2/c1-9-14(10(2)21-19-9)15(20)18-13-6-5-11(4-3-7-17)8-12(13)16/h5-6,8H,7,17H2,1-2H3,(H,18,20). The molecule has 6 heteroatoms. The quantitative estimate of drug-likeness (QED) is 0.828. The lowest BCUT2D eigenvalue weighted by Gasteiger charge is -2.06. The third kappa shape index (κ3) is 3.27. The first-order valence-corrected chi connectivity index (χ1v) is 6.25. The Morgan fingerprint density at radius 1 is 1.48 bits per heavy atom. The van der Waals surface area contributed by atoms with Crippen LogP contribution in [0.5, 0.6) is 0 Å². The molecule has 0 atom stereocenters. The highest BCUT2D eigenvalue weighted by atomic mass is 19.1. The normalized spacial score (nSPS) is 9.90. The van der Waals surface area contributed by atoms with Crippen LogP contribution in [0.3, 0.4) is 0 Å². The van der Waals surface area contributed by atoms with E-state index in [1.54, 1.807) is 19.9 Å². The third-order valence-electron chi connectivity index (χ3n) is 2.81. The Morgan fingerprint density at radius 2 is 2.24 bits per heavy atom. The van der Waals surface area contributed by atoms with E-state index in [-0.39, 0.29) is 12.2 Å². The first kappa shape index (κ1) is 14.8. The maximum absolute atomic E-state index is 13.9. The van der Waals surface area contributed by atoms with Crippen LogP contribution in [0, 0.1) is 31.5 Å². The molecule has 21 heavy (non-hydrogen) atoms. The van der Waals surface area contributed by atoms with Crippen LogP contribution in [-0.4, -0.2) is 17.6 Å². The summed E-state index contributed by atoms with van der Waals surface area (Å²) in [5, 5.41) is 6.18. The number of halogens is 1. The molecule has 2 rings (SSSR count). The van der Waals surface area contributed by atoms with Crippen LogP contribution >= 0.6 is 0 Å². The van der Waals surface area contributed by atoms with Gasteiger partial charge >= 0.3 is 0 Å². The Hall–Kier alpha value is -2.65. The lowest BCUT2D eigenvalue weighted by molar-refractivity contribution is 0.102. The number of nitrogens with one attached hydrogen (secondary N) is 1. The number of carbonyl (C=O) groups is 1. The number of aryl methyl sites for hydroxylation is 2. The summed E-state index contributed by atoms with van der Waals surface area (Å²) in [6, 6.07) is 4.30. The first-order chi connectivity index (χ1) is 10.0. The molecule has 0 saturated heterocycles. The lowest BCUT2D eigenvalue weighted by atomic mass is 10.1. The highest BCUT2D eigenvalue weighted by Crippen LogP contribution is 2.19. The van der Waals surface area contributed by atoms with Crippen LogP contribution in [0.25, 0.3) is 0 Å². The third-order valence-corrected chi connectivity index (χ3v) is 2.81. The predicted molar refractivity (Wildman–Crippen MR) is 76.3 cm³/mol. The molecule has 0 radical (unpaired) electrons. The molecule has 1 aromatic heterocycles. The topological polar surface area (TPSA) is 81.2 Å². The molecular weight excluding hydrogens is 273 g/mol. The van der Waals surface area contributed by atoms with Crippen LogP contribution in [0.2, 0.25) is 0 Å². The van der Waals surface area contributed by atoms with Gasteiger partial charge in [0.25, 0.3) is 5.91 Å². The van der Waals surface area contributed by atoms with Gasteiger partial charge in [-0.15, -0.1) is 0 Å². The van der Waals surface area contributed by atoms with Crippen molar-refractivity contribution in [2.45, 2.75) is 13.8 Å². The number of amides is 1. The van der Waals surface area contributed by atoms with Crippen molar-refractivity contribution in [1.29, 1.82) is 0 Å². The van der Waals surface area contributed by atoms with E-state index in [9.17, 15) is 9.18 Å². The Bertz CT molecular complexity index is 722. The molecule has 1 aromatic carbocycles. The average Bonchev–Trinajstić information content (AvgIpc) is 2.78. The molecule has 0 unspecified atom stereocenters. The number of hydrogen-bond donors (Lipinski definition) is 2. The van der Waals surface area contributed by atoms with Gasteiger partial charge in [0, 0.05) is 5.56 Å². The highest BCUT2D eigenvalue weighted by molar-refractivity contribution is 6.05. The summed E-state index contributed by atoms with van der Waals surface area (Å²) >= 11 is 0. The molecule has 0 aliphatic carbocycles. The molecule has 108 valence electrons. The van der Waals surface area contributed by atoms with Crippen LogP contribution < -0.4 is 11.1 Å². The van der Waals surface area contributed by atoms with Crippen molar-refractivity contribution in [3.05, 3.63) is 46.6 Å². The van der Waals surface area contributed by atoms with E-state index in [2.05, 4.69) is 22.3 Å². The molecule has 1 amide bonds. The summed E-state index contributed by atoms with van der Waals surface area (Å²) in [4.78, 5) is 12.1. The molecule has 0 fully saturated rings. The number of nitrogens with zero attached hydrogens (tertiary/aromatic N) is 1. The predicted octanol–water partition coefficient (Wildman–Crippen LogP) is 1.99. The zero-order chi connectivity index (χ0) is 15.4. The van der Waals surface area contributed by atoms with E-state index >= 15 is 0 Å². The van der Waals surface area contributed by atoms with E-state index in [0.29, 0.717) is 22.6 Å². The Labute approximate surface area is 121 Å². The minimum atomic E-state index is -0.570. The fraction of sp³-hybridized carbons (Fsp3) is 0.200. The van der Waals surface area contributed by atoms with E-state index in [1.165, 1.54) is 12.1 Å². The van der Waals surface area contributed by atoms with Gasteiger partial charge in [0.15, 0.2) is 0 Å². The zero-order valence-corrected chi connectivity index (χ0v) is 11.7. The van der Waals surface area contributed by atoms with Gasteiger partial charge in [-0.1, -0.05) is 17.0 Å². The van der Waals surface area contributed by atoms with E-state index in [0.717, 1.165) is 0 Å². The molecule has 0 bridgehead atoms. The SMILES string of the molecule is Cc1noc(C)c1C(=O)Nc1ccc(C#CCN)cc1F. The maximum Gasteiger partial charge on any atom is 0.261 e. The molecule has 5 nitrogen and oxygen atoms in total. The van der Waals surface area contributed by atoms with Gasteiger partial charge in [-0.3, -0.25) is 4.79 Å². The summed E-state index contributed by atoms with van der Waals surface area (Å²) < 4.78 is 18.8. The van der Waals surface area contributed by atoms with Crippen molar-refractivity contribution < 1.29 is 13.7 Å². The number of benzene rings is 1. The molecule has 2 aromatic rings.